The SMILES string of the molecule is C=CCOC(=O)N1CCCCC1C1CCCCN1. The van der Waals surface area contributed by atoms with E-state index in [0.29, 0.717) is 18.7 Å². The molecule has 2 aliphatic heterocycles. The van der Waals surface area contributed by atoms with Crippen LogP contribution in [-0.4, -0.2) is 42.8 Å². The van der Waals surface area contributed by atoms with E-state index in [2.05, 4.69) is 11.9 Å². The molecule has 0 aromatic carbocycles. The van der Waals surface area contributed by atoms with E-state index in [1.807, 2.05) is 4.90 Å². The van der Waals surface area contributed by atoms with E-state index >= 15 is 0 Å². The van der Waals surface area contributed by atoms with Crippen LogP contribution >= 0.6 is 0 Å². The maximum absolute atomic E-state index is 12.0. The molecule has 0 aromatic heterocycles. The van der Waals surface area contributed by atoms with Crippen LogP contribution in [0, 0.1) is 0 Å². The van der Waals surface area contributed by atoms with Crippen LogP contribution in [0.4, 0.5) is 4.79 Å². The smallest absolute Gasteiger partial charge is 0.410 e. The van der Waals surface area contributed by atoms with Crippen LogP contribution in [0.1, 0.15) is 38.5 Å². The third-order valence-electron chi connectivity index (χ3n) is 3.92. The van der Waals surface area contributed by atoms with E-state index in [4.69, 9.17) is 4.74 Å². The third kappa shape index (κ3) is 3.25. The van der Waals surface area contributed by atoms with Crippen LogP contribution in [0.25, 0.3) is 0 Å². The number of piperidine rings is 2. The molecule has 102 valence electrons. The summed E-state index contributed by atoms with van der Waals surface area (Å²) < 4.78 is 5.19. The summed E-state index contributed by atoms with van der Waals surface area (Å²) in [5.74, 6) is 0. The Kier molecular flexibility index (Phi) is 5.05. The van der Waals surface area contributed by atoms with Gasteiger partial charge in [-0.05, 0) is 38.6 Å². The third-order valence-corrected chi connectivity index (χ3v) is 3.92. The highest BCUT2D eigenvalue weighted by atomic mass is 16.6. The van der Waals surface area contributed by atoms with Crippen molar-refractivity contribution < 1.29 is 9.53 Å². The summed E-state index contributed by atoms with van der Waals surface area (Å²) in [7, 11) is 0. The zero-order valence-electron chi connectivity index (χ0n) is 11.1. The highest BCUT2D eigenvalue weighted by Crippen LogP contribution is 2.24. The fraction of sp³-hybridized carbons (Fsp3) is 0.786. The number of hydrogen-bond acceptors (Lipinski definition) is 3. The molecule has 2 saturated heterocycles. The quantitative estimate of drug-likeness (QED) is 0.784. The average molecular weight is 252 g/mol. The van der Waals surface area contributed by atoms with Gasteiger partial charge in [0.2, 0.25) is 0 Å². The lowest BCUT2D eigenvalue weighted by molar-refractivity contribution is 0.0647. The molecule has 1 N–H and O–H groups in total. The van der Waals surface area contributed by atoms with Crippen molar-refractivity contribution in [1.82, 2.24) is 10.2 Å². The minimum absolute atomic E-state index is 0.174. The Bertz CT molecular complexity index is 288. The second-order valence-electron chi connectivity index (χ2n) is 5.18. The summed E-state index contributed by atoms with van der Waals surface area (Å²) in [5.41, 5.74) is 0. The molecule has 2 atom stereocenters. The second-order valence-corrected chi connectivity index (χ2v) is 5.18. The summed E-state index contributed by atoms with van der Waals surface area (Å²) in [6.45, 7) is 5.80. The van der Waals surface area contributed by atoms with Crippen LogP contribution in [-0.2, 0) is 4.74 Å². The zero-order chi connectivity index (χ0) is 12.8. The summed E-state index contributed by atoms with van der Waals surface area (Å²) in [5, 5.41) is 3.56. The summed E-state index contributed by atoms with van der Waals surface area (Å²) in [6, 6.07) is 0.770. The molecule has 18 heavy (non-hydrogen) atoms. The van der Waals surface area contributed by atoms with Gasteiger partial charge in [-0.2, -0.15) is 0 Å². The van der Waals surface area contributed by atoms with Crippen LogP contribution in [0.2, 0.25) is 0 Å². The van der Waals surface area contributed by atoms with E-state index in [0.717, 1.165) is 25.9 Å². The molecule has 1 amide bonds. The Hall–Kier alpha value is -1.03. The van der Waals surface area contributed by atoms with E-state index in [1.165, 1.54) is 25.7 Å². The molecular weight excluding hydrogens is 228 g/mol. The van der Waals surface area contributed by atoms with Gasteiger partial charge in [-0.15, -0.1) is 0 Å². The van der Waals surface area contributed by atoms with Gasteiger partial charge < -0.3 is 15.0 Å². The van der Waals surface area contributed by atoms with Crippen LogP contribution < -0.4 is 5.32 Å². The van der Waals surface area contributed by atoms with Gasteiger partial charge in [0.05, 0.1) is 6.04 Å². The minimum atomic E-state index is -0.174. The monoisotopic (exact) mass is 252 g/mol. The van der Waals surface area contributed by atoms with E-state index in [9.17, 15) is 4.79 Å². The van der Waals surface area contributed by atoms with Gasteiger partial charge in [-0.1, -0.05) is 19.1 Å². The first-order valence-corrected chi connectivity index (χ1v) is 7.10. The van der Waals surface area contributed by atoms with Crippen LogP contribution in [0.3, 0.4) is 0 Å². The Balaban J connectivity index is 1.95. The number of carbonyl (C=O) groups excluding carboxylic acids is 1. The average Bonchev–Trinajstić information content (AvgIpc) is 2.45. The van der Waals surface area contributed by atoms with Gasteiger partial charge >= 0.3 is 6.09 Å². The van der Waals surface area contributed by atoms with Crippen LogP contribution in [0.15, 0.2) is 12.7 Å². The maximum atomic E-state index is 12.0. The molecule has 2 fully saturated rings. The molecule has 0 aromatic rings. The number of hydrogen-bond donors (Lipinski definition) is 1. The van der Waals surface area contributed by atoms with Crippen molar-refractivity contribution in [3.05, 3.63) is 12.7 Å². The summed E-state index contributed by atoms with van der Waals surface area (Å²) in [6.07, 6.45) is 8.55. The van der Waals surface area contributed by atoms with Gasteiger partial charge in [0.15, 0.2) is 0 Å². The number of rotatable bonds is 3. The standard InChI is InChI=1S/C14H24N2O2/c1-2-11-18-14(17)16-10-6-4-8-13(16)12-7-3-5-9-15-12/h2,12-13,15H,1,3-11H2. The van der Waals surface area contributed by atoms with Crippen molar-refractivity contribution in [3.8, 4) is 0 Å². The molecule has 4 heteroatoms. The molecule has 0 radical (unpaired) electrons. The summed E-state index contributed by atoms with van der Waals surface area (Å²) in [4.78, 5) is 14.0. The Morgan fingerprint density at radius 2 is 2.17 bits per heavy atom. The fourth-order valence-electron chi connectivity index (χ4n) is 3.02. The van der Waals surface area contributed by atoms with Crippen molar-refractivity contribution in [2.45, 2.75) is 50.6 Å². The molecule has 2 unspecified atom stereocenters. The van der Waals surface area contributed by atoms with E-state index in [1.54, 1.807) is 6.08 Å². The van der Waals surface area contributed by atoms with Crippen molar-refractivity contribution in [2.75, 3.05) is 19.7 Å². The lowest BCUT2D eigenvalue weighted by Crippen LogP contribution is -2.55. The number of carbonyl (C=O) groups is 1. The van der Waals surface area contributed by atoms with Crippen molar-refractivity contribution in [1.29, 1.82) is 0 Å². The van der Waals surface area contributed by atoms with Gasteiger partial charge in [0, 0.05) is 12.6 Å². The second kappa shape index (κ2) is 6.78. The first-order chi connectivity index (χ1) is 8.83. The molecule has 2 rings (SSSR count). The largest absolute Gasteiger partial charge is 0.445 e. The molecular formula is C14H24N2O2. The molecule has 0 bridgehead atoms. The number of likely N-dealkylation sites (tertiary alicyclic amines) is 1. The number of ether oxygens (including phenoxy) is 1. The number of nitrogens with one attached hydrogen (secondary N) is 1. The van der Waals surface area contributed by atoms with Gasteiger partial charge in [-0.25, -0.2) is 4.79 Å². The highest BCUT2D eigenvalue weighted by Gasteiger charge is 2.34. The molecule has 0 aliphatic carbocycles. The molecule has 0 saturated carbocycles. The zero-order valence-corrected chi connectivity index (χ0v) is 11.1. The minimum Gasteiger partial charge on any atom is -0.445 e. The lowest BCUT2D eigenvalue weighted by atomic mass is 9.90. The van der Waals surface area contributed by atoms with Gasteiger partial charge in [0.1, 0.15) is 6.61 Å². The predicted molar refractivity (Wildman–Crippen MR) is 71.5 cm³/mol. The molecule has 2 aliphatic rings. The predicted octanol–water partition coefficient (Wildman–Crippen LogP) is 2.31. The molecule has 0 spiro atoms. The maximum Gasteiger partial charge on any atom is 0.410 e. The first kappa shape index (κ1) is 13.4. The number of amides is 1. The Morgan fingerprint density at radius 1 is 1.33 bits per heavy atom. The van der Waals surface area contributed by atoms with Gasteiger partial charge in [0.25, 0.3) is 0 Å². The van der Waals surface area contributed by atoms with E-state index < -0.39 is 0 Å². The first-order valence-electron chi connectivity index (χ1n) is 7.10. The molecule has 4 nitrogen and oxygen atoms in total. The normalized spacial score (nSPS) is 28.8. The van der Waals surface area contributed by atoms with Crippen LogP contribution in [0.5, 0.6) is 0 Å². The van der Waals surface area contributed by atoms with E-state index in [-0.39, 0.29) is 6.09 Å². The van der Waals surface area contributed by atoms with Crippen molar-refractivity contribution in [3.63, 3.8) is 0 Å². The topological polar surface area (TPSA) is 41.6 Å². The highest BCUT2D eigenvalue weighted by molar-refractivity contribution is 5.68. The number of nitrogens with zero attached hydrogens (tertiary/aromatic N) is 1. The fourth-order valence-corrected chi connectivity index (χ4v) is 3.02. The summed E-state index contributed by atoms with van der Waals surface area (Å²) >= 11 is 0. The van der Waals surface area contributed by atoms with Crippen molar-refractivity contribution in [2.24, 2.45) is 0 Å². The molecule has 2 heterocycles. The Morgan fingerprint density at radius 3 is 2.89 bits per heavy atom. The Labute approximate surface area is 109 Å². The van der Waals surface area contributed by atoms with Gasteiger partial charge in [-0.3, -0.25) is 0 Å². The van der Waals surface area contributed by atoms with Crippen molar-refractivity contribution >= 4 is 6.09 Å². The lowest BCUT2D eigenvalue weighted by Gasteiger charge is -2.41.